The number of aliphatic hydroxyl groups is 1. The molecule has 1 N–H and O–H groups in total. The molecule has 1 saturated heterocycles. The van der Waals surface area contributed by atoms with E-state index in [1.807, 2.05) is 30.3 Å². The number of carbonyl (C=O) groups excluding carboxylic acids is 2. The Bertz CT molecular complexity index is 1800. The fraction of sp³-hybridized carbons (Fsp3) is 0.250. The molecule has 0 spiro atoms. The molecule has 2 aliphatic heterocycles. The summed E-state index contributed by atoms with van der Waals surface area (Å²) >= 11 is 14.9. The van der Waals surface area contributed by atoms with Crippen LogP contribution in [0.25, 0.3) is 5.76 Å². The van der Waals surface area contributed by atoms with Gasteiger partial charge in [0.2, 0.25) is 5.13 Å². The first-order valence-electron chi connectivity index (χ1n) is 13.7. The van der Waals surface area contributed by atoms with E-state index in [1.54, 1.807) is 30.3 Å². The number of ether oxygens (including phenoxy) is 2. The van der Waals surface area contributed by atoms with E-state index in [0.717, 1.165) is 11.1 Å². The van der Waals surface area contributed by atoms with Crippen molar-refractivity contribution in [2.24, 2.45) is 0 Å². The van der Waals surface area contributed by atoms with Gasteiger partial charge in [0.15, 0.2) is 15.8 Å². The minimum absolute atomic E-state index is 0.0486. The van der Waals surface area contributed by atoms with Crippen molar-refractivity contribution >= 4 is 68.9 Å². The van der Waals surface area contributed by atoms with Gasteiger partial charge >= 0.3 is 5.91 Å². The molecular formula is C32H27Cl2N3O5S2. The number of Topliss-reactive ketones (excluding diaryl/α,β-unsaturated/α-hetero) is 1. The zero-order valence-electron chi connectivity index (χ0n) is 24.0. The maximum absolute atomic E-state index is 13.6. The highest BCUT2D eigenvalue weighted by molar-refractivity contribution is 8.00. The van der Waals surface area contributed by atoms with Gasteiger partial charge in [0.05, 0.1) is 11.6 Å². The van der Waals surface area contributed by atoms with Crippen LogP contribution in [0.4, 0.5) is 5.13 Å². The molecule has 0 bridgehead atoms. The summed E-state index contributed by atoms with van der Waals surface area (Å²) in [5.74, 6) is -0.439. The molecule has 3 heterocycles. The number of rotatable bonds is 6. The van der Waals surface area contributed by atoms with Crippen molar-refractivity contribution in [1.82, 2.24) is 10.2 Å². The number of ketones is 1. The third-order valence-corrected chi connectivity index (χ3v) is 10.0. The third kappa shape index (κ3) is 5.91. The van der Waals surface area contributed by atoms with Gasteiger partial charge in [0.1, 0.15) is 19.0 Å². The van der Waals surface area contributed by atoms with Crippen molar-refractivity contribution in [2.45, 2.75) is 42.3 Å². The van der Waals surface area contributed by atoms with Crippen LogP contribution in [-0.2, 0) is 20.8 Å². The van der Waals surface area contributed by atoms with Crippen LogP contribution in [0.5, 0.6) is 11.5 Å². The highest BCUT2D eigenvalue weighted by atomic mass is 35.5. The number of amides is 1. The van der Waals surface area contributed by atoms with Gasteiger partial charge in [0.25, 0.3) is 5.78 Å². The van der Waals surface area contributed by atoms with Crippen LogP contribution < -0.4 is 14.4 Å². The number of fused-ring (bicyclic) bond motifs is 1. The van der Waals surface area contributed by atoms with Crippen LogP contribution in [0.2, 0.25) is 10.0 Å². The molecule has 8 nitrogen and oxygen atoms in total. The second-order valence-corrected chi connectivity index (χ2v) is 14.3. The van der Waals surface area contributed by atoms with Gasteiger partial charge < -0.3 is 14.6 Å². The minimum Gasteiger partial charge on any atom is -0.507 e. The van der Waals surface area contributed by atoms with Crippen LogP contribution in [0.1, 0.15) is 49.1 Å². The smallest absolute Gasteiger partial charge is 0.301 e. The number of benzene rings is 3. The van der Waals surface area contributed by atoms with E-state index < -0.39 is 17.7 Å². The molecule has 1 unspecified atom stereocenters. The molecule has 2 aliphatic rings. The quantitative estimate of drug-likeness (QED) is 0.0730. The predicted octanol–water partition coefficient (Wildman–Crippen LogP) is 7.83. The molecule has 226 valence electrons. The SMILES string of the molecule is CC(C)(C)c1ccc(C2/C(=C(\O)c3ccc4c(c3)OCCO4)C(=O)C(=O)N2c2nnc(SCc3ccc(Cl)cc3Cl)s2)cc1. The van der Waals surface area contributed by atoms with Crippen molar-refractivity contribution in [3.8, 4) is 11.5 Å². The lowest BCUT2D eigenvalue weighted by atomic mass is 9.85. The molecule has 0 radical (unpaired) electrons. The second-order valence-electron chi connectivity index (χ2n) is 11.3. The second kappa shape index (κ2) is 12.1. The number of aromatic nitrogens is 2. The van der Waals surface area contributed by atoms with Crippen molar-refractivity contribution in [3.05, 3.63) is 98.5 Å². The van der Waals surface area contributed by atoms with Crippen molar-refractivity contribution in [3.63, 3.8) is 0 Å². The summed E-state index contributed by atoms with van der Waals surface area (Å²) in [6, 6.07) is 17.0. The van der Waals surface area contributed by atoms with Gasteiger partial charge in [-0.1, -0.05) is 97.4 Å². The molecule has 0 saturated carbocycles. The summed E-state index contributed by atoms with van der Waals surface area (Å²) in [6.07, 6.45) is 0. The van der Waals surface area contributed by atoms with Gasteiger partial charge in [-0.15, -0.1) is 10.2 Å². The average molecular weight is 669 g/mol. The molecule has 1 atom stereocenters. The Morgan fingerprint density at radius 1 is 1.00 bits per heavy atom. The molecule has 44 heavy (non-hydrogen) atoms. The standard InChI is InChI=1S/C32H27Cl2N3O5S2/c1-32(2,3)20-8-4-17(5-9-20)26-25(27(38)18-7-11-23-24(14-18)42-13-12-41-23)28(39)29(40)37(26)30-35-36-31(44-30)43-16-19-6-10-21(33)15-22(19)34/h4-11,14-15,26,38H,12-13,16H2,1-3H3/b27-25+. The van der Waals surface area contributed by atoms with Crippen molar-refractivity contribution in [1.29, 1.82) is 0 Å². The van der Waals surface area contributed by atoms with Gasteiger partial charge in [0, 0.05) is 21.4 Å². The van der Waals surface area contributed by atoms with Crippen LogP contribution in [0.15, 0.2) is 70.6 Å². The summed E-state index contributed by atoms with van der Waals surface area (Å²) in [4.78, 5) is 28.6. The zero-order valence-corrected chi connectivity index (χ0v) is 27.1. The Kier molecular flexibility index (Phi) is 8.36. The number of halogens is 2. The largest absolute Gasteiger partial charge is 0.507 e. The molecule has 3 aromatic carbocycles. The van der Waals surface area contributed by atoms with Gasteiger partial charge in [-0.25, -0.2) is 0 Å². The number of carbonyl (C=O) groups is 2. The van der Waals surface area contributed by atoms with Gasteiger partial charge in [-0.05, 0) is 52.4 Å². The first-order valence-corrected chi connectivity index (χ1v) is 16.3. The summed E-state index contributed by atoms with van der Waals surface area (Å²) in [5.41, 5.74) is 2.78. The lowest BCUT2D eigenvalue weighted by Crippen LogP contribution is -2.29. The number of anilines is 1. The molecular weight excluding hydrogens is 641 g/mol. The fourth-order valence-electron chi connectivity index (χ4n) is 4.99. The first-order chi connectivity index (χ1) is 21.0. The minimum atomic E-state index is -0.936. The molecule has 1 fully saturated rings. The van der Waals surface area contributed by atoms with Gasteiger partial charge in [-0.2, -0.15) is 0 Å². The fourth-order valence-corrected chi connectivity index (χ4v) is 7.42. The van der Waals surface area contributed by atoms with E-state index in [2.05, 4.69) is 31.0 Å². The lowest BCUT2D eigenvalue weighted by Gasteiger charge is -2.24. The Labute approximate surface area is 272 Å². The van der Waals surface area contributed by atoms with Crippen molar-refractivity contribution < 1.29 is 24.2 Å². The summed E-state index contributed by atoms with van der Waals surface area (Å²) < 4.78 is 11.9. The van der Waals surface area contributed by atoms with Crippen LogP contribution >= 0.6 is 46.3 Å². The highest BCUT2D eigenvalue weighted by Gasteiger charge is 2.48. The monoisotopic (exact) mass is 667 g/mol. The third-order valence-electron chi connectivity index (χ3n) is 7.32. The Morgan fingerprint density at radius 3 is 2.43 bits per heavy atom. The van der Waals surface area contributed by atoms with Crippen molar-refractivity contribution in [2.75, 3.05) is 18.1 Å². The average Bonchev–Trinajstić information content (AvgIpc) is 3.57. The Balaban J connectivity index is 1.39. The molecule has 6 rings (SSSR count). The Morgan fingerprint density at radius 2 is 1.73 bits per heavy atom. The topological polar surface area (TPSA) is 102 Å². The van der Waals surface area contributed by atoms with E-state index in [0.29, 0.717) is 56.0 Å². The summed E-state index contributed by atoms with van der Waals surface area (Å²) in [5, 5.41) is 21.5. The van der Waals surface area contributed by atoms with Crippen LogP contribution in [0, 0.1) is 0 Å². The number of thioether (sulfide) groups is 1. The van der Waals surface area contributed by atoms with E-state index in [1.165, 1.54) is 28.0 Å². The predicted molar refractivity (Wildman–Crippen MR) is 173 cm³/mol. The molecule has 0 aliphatic carbocycles. The number of aliphatic hydroxyl groups excluding tert-OH is 1. The number of nitrogens with zero attached hydrogens (tertiary/aromatic N) is 3. The maximum Gasteiger partial charge on any atom is 0.301 e. The Hall–Kier alpha value is -3.57. The number of hydrogen-bond donors (Lipinski definition) is 1. The zero-order chi connectivity index (χ0) is 31.2. The number of hydrogen-bond acceptors (Lipinski definition) is 9. The van der Waals surface area contributed by atoms with E-state index in [4.69, 9.17) is 32.7 Å². The molecule has 1 amide bonds. The molecule has 4 aromatic rings. The summed E-state index contributed by atoms with van der Waals surface area (Å²) in [6.45, 7) is 7.10. The molecule has 1 aromatic heterocycles. The van der Waals surface area contributed by atoms with E-state index in [9.17, 15) is 14.7 Å². The summed E-state index contributed by atoms with van der Waals surface area (Å²) in [7, 11) is 0. The van der Waals surface area contributed by atoms with Gasteiger partial charge in [-0.3, -0.25) is 14.5 Å². The van der Waals surface area contributed by atoms with Crippen LogP contribution in [0.3, 0.4) is 0 Å². The first kappa shape index (κ1) is 30.5. The highest BCUT2D eigenvalue weighted by Crippen LogP contribution is 2.45. The molecule has 12 heteroatoms. The van der Waals surface area contributed by atoms with E-state index >= 15 is 0 Å². The lowest BCUT2D eigenvalue weighted by molar-refractivity contribution is -0.132. The maximum atomic E-state index is 13.6. The van der Waals surface area contributed by atoms with E-state index in [-0.39, 0.29) is 21.9 Å². The van der Waals surface area contributed by atoms with Crippen LogP contribution in [-0.4, -0.2) is 40.2 Å². The normalized spacial score (nSPS) is 17.8.